The molecule has 0 atom stereocenters. The van der Waals surface area contributed by atoms with E-state index in [0.717, 1.165) is 16.7 Å². The highest BCUT2D eigenvalue weighted by Gasteiger charge is 2.18. The number of aliphatic imine (C=N–C) groups is 1. The van der Waals surface area contributed by atoms with Gasteiger partial charge in [0.15, 0.2) is 0 Å². The summed E-state index contributed by atoms with van der Waals surface area (Å²) < 4.78 is 0. The molecule has 154 valence electrons. The molecule has 0 unspecified atom stereocenters. The number of nitrogens with zero attached hydrogens (tertiary/aromatic N) is 2. The highest BCUT2D eigenvalue weighted by Crippen LogP contribution is 2.22. The SMILES string of the molecule is CC(C)(C#N)c1ccc(CN=C/C(=C\N)C(=O)NCc2ccc(C(=N)N)cc2)cc1. The lowest BCUT2D eigenvalue weighted by Gasteiger charge is -2.15. The van der Waals surface area contributed by atoms with Crippen LogP contribution in [-0.4, -0.2) is 18.0 Å². The van der Waals surface area contributed by atoms with Gasteiger partial charge in [-0.05, 0) is 30.5 Å². The molecule has 0 saturated heterocycles. The zero-order valence-corrected chi connectivity index (χ0v) is 17.1. The maximum atomic E-state index is 12.3. The molecule has 0 fully saturated rings. The van der Waals surface area contributed by atoms with Crippen LogP contribution in [0.3, 0.4) is 0 Å². The number of nitrogens with two attached hydrogens (primary N) is 2. The Hall–Kier alpha value is -3.92. The minimum atomic E-state index is -0.540. The standard InChI is InChI=1S/C23H26N6O/c1-23(2,15-25)20-9-5-16(6-10-20)12-28-14-19(11-24)22(30)29-13-17-3-7-18(8-4-17)21(26)27/h3-11,14H,12-13,24H2,1-2H3,(H3,26,27)(H,29,30)/b19-11+,28-14?. The molecule has 0 bridgehead atoms. The highest BCUT2D eigenvalue weighted by atomic mass is 16.1. The normalized spacial score (nSPS) is 11.8. The molecule has 7 nitrogen and oxygen atoms in total. The summed E-state index contributed by atoms with van der Waals surface area (Å²) in [6, 6.07) is 17.0. The number of benzene rings is 2. The van der Waals surface area contributed by atoms with Gasteiger partial charge in [-0.1, -0.05) is 48.5 Å². The van der Waals surface area contributed by atoms with Crippen LogP contribution < -0.4 is 16.8 Å². The number of nitrogen functional groups attached to an aromatic ring is 1. The van der Waals surface area contributed by atoms with E-state index in [9.17, 15) is 10.1 Å². The second-order valence-electron chi connectivity index (χ2n) is 7.32. The molecule has 7 heteroatoms. The molecule has 30 heavy (non-hydrogen) atoms. The Balaban J connectivity index is 1.91. The third-order valence-electron chi connectivity index (χ3n) is 4.62. The van der Waals surface area contributed by atoms with Crippen LogP contribution in [0.1, 0.15) is 36.1 Å². The predicted molar refractivity (Wildman–Crippen MR) is 119 cm³/mol. The lowest BCUT2D eigenvalue weighted by Crippen LogP contribution is -2.25. The average molecular weight is 403 g/mol. The van der Waals surface area contributed by atoms with E-state index >= 15 is 0 Å². The van der Waals surface area contributed by atoms with Gasteiger partial charge < -0.3 is 16.8 Å². The average Bonchev–Trinajstić information content (AvgIpc) is 2.75. The summed E-state index contributed by atoms with van der Waals surface area (Å²) in [6.07, 6.45) is 2.66. The topological polar surface area (TPSA) is 141 Å². The molecule has 2 aromatic carbocycles. The van der Waals surface area contributed by atoms with Crippen molar-refractivity contribution in [2.24, 2.45) is 16.5 Å². The van der Waals surface area contributed by atoms with Gasteiger partial charge in [-0.15, -0.1) is 0 Å². The third kappa shape index (κ3) is 6.04. The van der Waals surface area contributed by atoms with E-state index in [0.29, 0.717) is 18.7 Å². The molecule has 0 saturated carbocycles. The second kappa shape index (κ2) is 10.0. The number of hydrogen-bond donors (Lipinski definition) is 4. The van der Waals surface area contributed by atoms with Crippen LogP contribution in [-0.2, 0) is 23.3 Å². The van der Waals surface area contributed by atoms with Crippen molar-refractivity contribution in [3.05, 3.63) is 82.6 Å². The zero-order chi connectivity index (χ0) is 22.1. The molecule has 0 aliphatic carbocycles. The van der Waals surface area contributed by atoms with Crippen molar-refractivity contribution < 1.29 is 4.79 Å². The van der Waals surface area contributed by atoms with Crippen LogP contribution in [0.15, 0.2) is 65.3 Å². The van der Waals surface area contributed by atoms with Crippen molar-refractivity contribution in [1.29, 1.82) is 10.7 Å². The van der Waals surface area contributed by atoms with Gasteiger partial charge in [0.05, 0.1) is 23.6 Å². The summed E-state index contributed by atoms with van der Waals surface area (Å²) in [6.45, 7) is 4.45. The van der Waals surface area contributed by atoms with Crippen molar-refractivity contribution in [3.63, 3.8) is 0 Å². The van der Waals surface area contributed by atoms with E-state index in [2.05, 4.69) is 16.4 Å². The van der Waals surface area contributed by atoms with E-state index in [-0.39, 0.29) is 17.3 Å². The fourth-order valence-corrected chi connectivity index (χ4v) is 2.60. The van der Waals surface area contributed by atoms with Gasteiger partial charge in [-0.25, -0.2) is 0 Å². The molecule has 0 aromatic heterocycles. The van der Waals surface area contributed by atoms with Crippen molar-refractivity contribution in [1.82, 2.24) is 5.32 Å². The Kier molecular flexibility index (Phi) is 7.48. The first-order valence-electron chi connectivity index (χ1n) is 9.40. The molecule has 2 rings (SSSR count). The van der Waals surface area contributed by atoms with E-state index in [1.165, 1.54) is 12.4 Å². The Morgan fingerprint density at radius 3 is 2.30 bits per heavy atom. The van der Waals surface area contributed by atoms with Gasteiger partial charge in [-0.2, -0.15) is 5.26 Å². The minimum Gasteiger partial charge on any atom is -0.404 e. The maximum Gasteiger partial charge on any atom is 0.254 e. The van der Waals surface area contributed by atoms with Gasteiger partial charge in [-0.3, -0.25) is 15.2 Å². The van der Waals surface area contributed by atoms with Crippen molar-refractivity contribution in [2.45, 2.75) is 32.4 Å². The van der Waals surface area contributed by atoms with Crippen LogP contribution >= 0.6 is 0 Å². The summed E-state index contributed by atoms with van der Waals surface area (Å²) >= 11 is 0. The predicted octanol–water partition coefficient (Wildman–Crippen LogP) is 2.50. The summed E-state index contributed by atoms with van der Waals surface area (Å²) in [5, 5.41) is 19.4. The van der Waals surface area contributed by atoms with E-state index in [1.54, 1.807) is 24.3 Å². The molecule has 0 aliphatic heterocycles. The smallest absolute Gasteiger partial charge is 0.254 e. The first kappa shape index (κ1) is 22.4. The molecule has 0 aliphatic rings. The fourth-order valence-electron chi connectivity index (χ4n) is 2.60. The van der Waals surface area contributed by atoms with Crippen LogP contribution in [0, 0.1) is 16.7 Å². The van der Waals surface area contributed by atoms with Crippen LogP contribution in [0.25, 0.3) is 0 Å². The van der Waals surface area contributed by atoms with Gasteiger partial charge in [0.2, 0.25) is 0 Å². The molecular formula is C23H26N6O. The van der Waals surface area contributed by atoms with E-state index in [1.807, 2.05) is 38.1 Å². The Morgan fingerprint density at radius 1 is 1.17 bits per heavy atom. The summed E-state index contributed by atoms with van der Waals surface area (Å²) in [4.78, 5) is 16.6. The summed E-state index contributed by atoms with van der Waals surface area (Å²) in [5.74, 6) is -0.332. The van der Waals surface area contributed by atoms with Crippen LogP contribution in [0.2, 0.25) is 0 Å². The van der Waals surface area contributed by atoms with Gasteiger partial charge in [0, 0.05) is 24.5 Å². The first-order chi connectivity index (χ1) is 14.3. The lowest BCUT2D eigenvalue weighted by molar-refractivity contribution is -0.117. The fraction of sp³-hybridized carbons (Fsp3) is 0.217. The molecule has 2 aromatic rings. The van der Waals surface area contributed by atoms with Crippen LogP contribution in [0.5, 0.6) is 0 Å². The van der Waals surface area contributed by atoms with Gasteiger partial charge in [0.1, 0.15) is 5.84 Å². The molecule has 0 heterocycles. The van der Waals surface area contributed by atoms with Gasteiger partial charge in [0.25, 0.3) is 5.91 Å². The van der Waals surface area contributed by atoms with Crippen molar-refractivity contribution in [2.75, 3.05) is 0 Å². The molecular weight excluding hydrogens is 376 g/mol. The Bertz CT molecular complexity index is 995. The second-order valence-corrected chi connectivity index (χ2v) is 7.32. The maximum absolute atomic E-state index is 12.3. The largest absolute Gasteiger partial charge is 0.404 e. The highest BCUT2D eigenvalue weighted by molar-refractivity contribution is 6.12. The number of amides is 1. The molecule has 1 amide bonds. The monoisotopic (exact) mass is 402 g/mol. The Labute approximate surface area is 176 Å². The summed E-state index contributed by atoms with van der Waals surface area (Å²) in [5.41, 5.74) is 14.1. The Morgan fingerprint density at radius 2 is 1.77 bits per heavy atom. The number of nitrogens with one attached hydrogen (secondary N) is 2. The lowest BCUT2D eigenvalue weighted by atomic mass is 9.86. The number of nitriles is 1. The minimum absolute atomic E-state index is 0.00133. The van der Waals surface area contributed by atoms with Gasteiger partial charge >= 0.3 is 0 Å². The third-order valence-corrected chi connectivity index (χ3v) is 4.62. The molecule has 0 radical (unpaired) electrons. The number of hydrogen-bond acceptors (Lipinski definition) is 5. The molecule has 6 N–H and O–H groups in total. The number of carbonyl (C=O) groups is 1. The van der Waals surface area contributed by atoms with Crippen molar-refractivity contribution in [3.8, 4) is 6.07 Å². The number of rotatable bonds is 8. The quantitative estimate of drug-likeness (QED) is 0.306. The van der Waals surface area contributed by atoms with E-state index in [4.69, 9.17) is 16.9 Å². The number of amidine groups is 1. The zero-order valence-electron chi connectivity index (χ0n) is 17.1. The van der Waals surface area contributed by atoms with Crippen molar-refractivity contribution >= 4 is 18.0 Å². The summed E-state index contributed by atoms with van der Waals surface area (Å²) in [7, 11) is 0. The number of carbonyl (C=O) groups excluding carboxylic acids is 1. The first-order valence-corrected chi connectivity index (χ1v) is 9.40. The van der Waals surface area contributed by atoms with Crippen LogP contribution in [0.4, 0.5) is 0 Å². The molecule has 0 spiro atoms. The van der Waals surface area contributed by atoms with E-state index < -0.39 is 5.41 Å².